The summed E-state index contributed by atoms with van der Waals surface area (Å²) in [6.07, 6.45) is 5.98. The summed E-state index contributed by atoms with van der Waals surface area (Å²) in [4.78, 5) is 0. The largest absolute Gasteiger partial charge is 0.380 e. The average molecular weight is 206 g/mol. The van der Waals surface area contributed by atoms with E-state index in [1.165, 1.54) is 0 Å². The van der Waals surface area contributed by atoms with E-state index in [2.05, 4.69) is 31.6 Å². The van der Waals surface area contributed by atoms with Gasteiger partial charge in [-0.1, -0.05) is 25.7 Å². The molecule has 0 rings (SSSR count). The zero-order chi connectivity index (χ0) is 12.1. The summed E-state index contributed by atoms with van der Waals surface area (Å²) in [5.74, 6) is 8.54. The van der Waals surface area contributed by atoms with Crippen LogP contribution in [0.15, 0.2) is 0 Å². The van der Waals surface area contributed by atoms with Gasteiger partial charge in [-0.15, -0.1) is 12.3 Å². The fourth-order valence-corrected chi connectivity index (χ4v) is 1.22. The van der Waals surface area contributed by atoms with E-state index in [0.29, 0.717) is 12.8 Å². The van der Waals surface area contributed by atoms with Crippen LogP contribution in [0, 0.1) is 35.0 Å². The number of hydrogen-bond acceptors (Lipinski definition) is 1. The van der Waals surface area contributed by atoms with Crippen molar-refractivity contribution < 1.29 is 5.11 Å². The highest BCUT2D eigenvalue weighted by Crippen LogP contribution is 2.26. The van der Waals surface area contributed by atoms with Gasteiger partial charge in [0.25, 0.3) is 0 Å². The van der Waals surface area contributed by atoms with Crippen molar-refractivity contribution in [1.82, 2.24) is 0 Å². The Morgan fingerprint density at radius 3 is 2.13 bits per heavy atom. The van der Waals surface area contributed by atoms with Crippen LogP contribution in [0.3, 0.4) is 0 Å². The molecule has 0 aromatic rings. The van der Waals surface area contributed by atoms with E-state index in [1.807, 2.05) is 20.8 Å². The van der Waals surface area contributed by atoms with E-state index in [0.717, 1.165) is 0 Å². The molecule has 0 aromatic carbocycles. The third kappa shape index (κ3) is 8.10. The molecule has 0 spiro atoms. The van der Waals surface area contributed by atoms with Gasteiger partial charge in [0, 0.05) is 11.8 Å². The first-order chi connectivity index (χ1) is 6.66. The van der Waals surface area contributed by atoms with Gasteiger partial charge in [-0.3, -0.25) is 0 Å². The van der Waals surface area contributed by atoms with Crippen LogP contribution in [-0.2, 0) is 0 Å². The molecule has 0 aromatic heterocycles. The fraction of sp³-hybridized carbons (Fsp3) is 0.714. The molecule has 0 saturated carbocycles. The third-order valence-electron chi connectivity index (χ3n) is 1.94. The highest BCUT2D eigenvalue weighted by Gasteiger charge is 2.20. The second-order valence-electron chi connectivity index (χ2n) is 5.78. The van der Waals surface area contributed by atoms with Crippen LogP contribution < -0.4 is 0 Å². The predicted molar refractivity (Wildman–Crippen MR) is 65.1 cm³/mol. The minimum Gasteiger partial charge on any atom is -0.380 e. The summed E-state index contributed by atoms with van der Waals surface area (Å²) in [6, 6.07) is 0. The van der Waals surface area contributed by atoms with Crippen molar-refractivity contribution in [1.29, 1.82) is 0 Å². The van der Waals surface area contributed by atoms with Gasteiger partial charge in [0.1, 0.15) is 6.10 Å². The molecule has 0 heterocycles. The molecule has 0 aliphatic heterocycles. The van der Waals surface area contributed by atoms with Crippen molar-refractivity contribution in [3.63, 3.8) is 0 Å². The Hall–Kier alpha value is -0.920. The minimum absolute atomic E-state index is 0.0409. The Labute approximate surface area is 94.3 Å². The normalized spacial score (nSPS) is 13.7. The van der Waals surface area contributed by atoms with Gasteiger partial charge in [0.2, 0.25) is 0 Å². The Morgan fingerprint density at radius 2 is 1.73 bits per heavy atom. The third-order valence-corrected chi connectivity index (χ3v) is 1.94. The molecular formula is C14H22O. The smallest absolute Gasteiger partial charge is 0.115 e. The van der Waals surface area contributed by atoms with E-state index >= 15 is 0 Å². The maximum absolute atomic E-state index is 9.73. The van der Waals surface area contributed by atoms with Crippen molar-refractivity contribution in [3.8, 4) is 24.2 Å². The summed E-state index contributed by atoms with van der Waals surface area (Å²) in [5.41, 5.74) is -0.0992. The summed E-state index contributed by atoms with van der Waals surface area (Å²) in [7, 11) is 0. The maximum Gasteiger partial charge on any atom is 0.115 e. The molecule has 1 N–H and O–H groups in total. The molecule has 0 aliphatic carbocycles. The first kappa shape index (κ1) is 14.1. The van der Waals surface area contributed by atoms with Crippen LogP contribution in [0.4, 0.5) is 0 Å². The van der Waals surface area contributed by atoms with Crippen LogP contribution in [0.1, 0.15) is 47.5 Å². The zero-order valence-corrected chi connectivity index (χ0v) is 10.5. The summed E-state index contributed by atoms with van der Waals surface area (Å²) in [6.45, 7) is 10.2. The molecule has 0 amide bonds. The molecule has 84 valence electrons. The first-order valence-corrected chi connectivity index (χ1v) is 5.30. The van der Waals surface area contributed by atoms with E-state index in [4.69, 9.17) is 6.42 Å². The Balaban J connectivity index is 4.31. The zero-order valence-electron chi connectivity index (χ0n) is 10.5. The lowest BCUT2D eigenvalue weighted by atomic mass is 9.83. The molecule has 1 atom stereocenters. The molecule has 0 radical (unpaired) electrons. The number of rotatable bonds is 3. The van der Waals surface area contributed by atoms with Gasteiger partial charge >= 0.3 is 0 Å². The molecule has 0 saturated heterocycles. The van der Waals surface area contributed by atoms with Crippen molar-refractivity contribution in [2.75, 3.05) is 0 Å². The van der Waals surface area contributed by atoms with Crippen LogP contribution in [0.25, 0.3) is 0 Å². The lowest BCUT2D eigenvalue weighted by molar-refractivity contribution is 0.162. The molecule has 1 unspecified atom stereocenters. The molecular weight excluding hydrogens is 184 g/mol. The average Bonchev–Trinajstić information content (AvgIpc) is 1.98. The van der Waals surface area contributed by atoms with Gasteiger partial charge in [0.15, 0.2) is 0 Å². The fourth-order valence-electron chi connectivity index (χ4n) is 1.22. The highest BCUT2D eigenvalue weighted by atomic mass is 16.3. The standard InChI is InChI=1S/C14H22O/c1-7-9-14(5,6)11-12(15)8-10-13(2,3)4/h1,12,15H,9,11H2,2-6H3. The van der Waals surface area contributed by atoms with Crippen molar-refractivity contribution in [3.05, 3.63) is 0 Å². The lowest BCUT2D eigenvalue weighted by Crippen LogP contribution is -2.19. The Morgan fingerprint density at radius 1 is 1.20 bits per heavy atom. The van der Waals surface area contributed by atoms with E-state index in [1.54, 1.807) is 0 Å². The highest BCUT2D eigenvalue weighted by molar-refractivity contribution is 5.11. The SMILES string of the molecule is C#CCC(C)(C)CC(O)C#CC(C)(C)C. The minimum atomic E-state index is -0.576. The van der Waals surface area contributed by atoms with Crippen LogP contribution in [-0.4, -0.2) is 11.2 Å². The van der Waals surface area contributed by atoms with Crippen LogP contribution in [0.2, 0.25) is 0 Å². The van der Waals surface area contributed by atoms with Crippen molar-refractivity contribution in [2.45, 2.75) is 53.6 Å². The molecule has 15 heavy (non-hydrogen) atoms. The second-order valence-corrected chi connectivity index (χ2v) is 5.78. The molecule has 1 heteroatoms. The molecule has 0 bridgehead atoms. The van der Waals surface area contributed by atoms with Crippen molar-refractivity contribution >= 4 is 0 Å². The predicted octanol–water partition coefficient (Wildman–Crippen LogP) is 2.84. The number of terminal acetylenes is 1. The topological polar surface area (TPSA) is 20.2 Å². The monoisotopic (exact) mass is 206 g/mol. The van der Waals surface area contributed by atoms with Gasteiger partial charge < -0.3 is 5.11 Å². The maximum atomic E-state index is 9.73. The van der Waals surface area contributed by atoms with E-state index < -0.39 is 6.10 Å². The van der Waals surface area contributed by atoms with E-state index in [9.17, 15) is 5.11 Å². The van der Waals surface area contributed by atoms with E-state index in [-0.39, 0.29) is 10.8 Å². The van der Waals surface area contributed by atoms with Crippen LogP contribution >= 0.6 is 0 Å². The van der Waals surface area contributed by atoms with Gasteiger partial charge in [-0.05, 0) is 32.6 Å². The number of hydrogen-bond donors (Lipinski definition) is 1. The number of aliphatic hydroxyl groups excluding tert-OH is 1. The van der Waals surface area contributed by atoms with Crippen LogP contribution in [0.5, 0.6) is 0 Å². The summed E-state index contributed by atoms with van der Waals surface area (Å²) in [5, 5.41) is 9.73. The second kappa shape index (κ2) is 5.24. The summed E-state index contributed by atoms with van der Waals surface area (Å²) < 4.78 is 0. The van der Waals surface area contributed by atoms with Gasteiger partial charge in [-0.25, -0.2) is 0 Å². The Kier molecular flexibility index (Phi) is 4.92. The van der Waals surface area contributed by atoms with Gasteiger partial charge in [-0.2, -0.15) is 0 Å². The molecule has 1 nitrogen and oxygen atoms in total. The van der Waals surface area contributed by atoms with Crippen molar-refractivity contribution in [2.24, 2.45) is 10.8 Å². The molecule has 0 aliphatic rings. The lowest BCUT2D eigenvalue weighted by Gasteiger charge is -2.23. The quantitative estimate of drug-likeness (QED) is 0.704. The first-order valence-electron chi connectivity index (χ1n) is 5.30. The molecule has 0 fully saturated rings. The summed E-state index contributed by atoms with van der Waals surface area (Å²) >= 11 is 0. The van der Waals surface area contributed by atoms with Gasteiger partial charge in [0.05, 0.1) is 0 Å². The number of aliphatic hydroxyl groups is 1. The Bertz CT molecular complexity index is 288.